The first-order chi connectivity index (χ1) is 10.1. The van der Waals surface area contributed by atoms with E-state index in [-0.39, 0.29) is 23.6 Å². The Bertz CT molecular complexity index is 636. The first-order valence-corrected chi connectivity index (χ1v) is 7.03. The Labute approximate surface area is 122 Å². The van der Waals surface area contributed by atoms with Gasteiger partial charge in [-0.25, -0.2) is 9.37 Å². The third-order valence-corrected chi connectivity index (χ3v) is 3.88. The van der Waals surface area contributed by atoms with Crippen LogP contribution >= 0.6 is 0 Å². The fourth-order valence-electron chi connectivity index (χ4n) is 2.52. The van der Waals surface area contributed by atoms with E-state index in [2.05, 4.69) is 4.98 Å². The molecule has 0 aliphatic heterocycles. The van der Waals surface area contributed by atoms with Crippen LogP contribution in [0.3, 0.4) is 0 Å². The SMILES string of the molecule is Cn1ccnc1CCOC(=O)[C@@H]1C[C@@H]1c1ccc(F)cc1. The maximum atomic E-state index is 12.9. The Balaban J connectivity index is 1.47. The minimum Gasteiger partial charge on any atom is -0.465 e. The van der Waals surface area contributed by atoms with Crippen LogP contribution in [0.4, 0.5) is 4.39 Å². The van der Waals surface area contributed by atoms with E-state index in [0.717, 1.165) is 17.8 Å². The summed E-state index contributed by atoms with van der Waals surface area (Å²) in [5.41, 5.74) is 1.00. The largest absolute Gasteiger partial charge is 0.465 e. The van der Waals surface area contributed by atoms with Crippen molar-refractivity contribution in [2.45, 2.75) is 18.8 Å². The maximum absolute atomic E-state index is 12.9. The molecule has 0 amide bonds. The van der Waals surface area contributed by atoms with Crippen LogP contribution in [-0.2, 0) is 23.0 Å². The molecular formula is C16H17FN2O2. The molecule has 0 N–H and O–H groups in total. The number of aryl methyl sites for hydroxylation is 1. The second kappa shape index (κ2) is 5.68. The fourth-order valence-corrected chi connectivity index (χ4v) is 2.52. The number of carbonyl (C=O) groups excluding carboxylic acids is 1. The summed E-state index contributed by atoms with van der Waals surface area (Å²) in [6, 6.07) is 6.33. The van der Waals surface area contributed by atoms with Crippen molar-refractivity contribution in [3.05, 3.63) is 53.9 Å². The number of halogens is 1. The van der Waals surface area contributed by atoms with E-state index in [9.17, 15) is 9.18 Å². The highest BCUT2D eigenvalue weighted by Gasteiger charge is 2.45. The van der Waals surface area contributed by atoms with Crippen LogP contribution in [0.25, 0.3) is 0 Å². The van der Waals surface area contributed by atoms with Crippen molar-refractivity contribution < 1.29 is 13.9 Å². The van der Waals surface area contributed by atoms with Gasteiger partial charge in [-0.05, 0) is 30.0 Å². The van der Waals surface area contributed by atoms with Gasteiger partial charge in [-0.2, -0.15) is 0 Å². The van der Waals surface area contributed by atoms with Crippen LogP contribution in [0.1, 0.15) is 23.7 Å². The van der Waals surface area contributed by atoms with E-state index in [1.165, 1.54) is 12.1 Å². The van der Waals surface area contributed by atoms with Gasteiger partial charge in [0.15, 0.2) is 0 Å². The number of benzene rings is 1. The van der Waals surface area contributed by atoms with Gasteiger partial charge in [-0.3, -0.25) is 4.79 Å². The third-order valence-electron chi connectivity index (χ3n) is 3.88. The van der Waals surface area contributed by atoms with E-state index in [1.807, 2.05) is 17.8 Å². The number of esters is 1. The van der Waals surface area contributed by atoms with Crippen molar-refractivity contribution in [1.29, 1.82) is 0 Å². The van der Waals surface area contributed by atoms with Crippen molar-refractivity contribution in [3.63, 3.8) is 0 Å². The summed E-state index contributed by atoms with van der Waals surface area (Å²) >= 11 is 0. The van der Waals surface area contributed by atoms with Crippen molar-refractivity contribution in [2.75, 3.05) is 6.61 Å². The van der Waals surface area contributed by atoms with Gasteiger partial charge in [0.05, 0.1) is 12.5 Å². The van der Waals surface area contributed by atoms with Gasteiger partial charge in [-0.15, -0.1) is 0 Å². The van der Waals surface area contributed by atoms with Crippen LogP contribution in [-0.4, -0.2) is 22.1 Å². The quantitative estimate of drug-likeness (QED) is 0.794. The van der Waals surface area contributed by atoms with E-state index in [1.54, 1.807) is 18.3 Å². The standard InChI is InChI=1S/C16H17FN2O2/c1-19-8-7-18-15(19)6-9-21-16(20)14-10-13(14)11-2-4-12(17)5-3-11/h2-5,7-8,13-14H,6,9-10H2,1H3/t13-,14-/m1/s1. The molecule has 21 heavy (non-hydrogen) atoms. The molecule has 1 aliphatic carbocycles. The topological polar surface area (TPSA) is 44.1 Å². The molecule has 110 valence electrons. The molecule has 0 radical (unpaired) electrons. The van der Waals surface area contributed by atoms with Crippen LogP contribution in [0.2, 0.25) is 0 Å². The number of hydrogen-bond acceptors (Lipinski definition) is 3. The van der Waals surface area contributed by atoms with Gasteiger partial charge in [0.25, 0.3) is 0 Å². The summed E-state index contributed by atoms with van der Waals surface area (Å²) in [6.07, 6.45) is 4.99. The highest BCUT2D eigenvalue weighted by atomic mass is 19.1. The summed E-state index contributed by atoms with van der Waals surface area (Å²) < 4.78 is 20.1. The predicted octanol–water partition coefficient (Wildman–Crippen LogP) is 2.45. The third kappa shape index (κ3) is 3.12. The Hall–Kier alpha value is -2.17. The average molecular weight is 288 g/mol. The molecule has 1 heterocycles. The van der Waals surface area contributed by atoms with Gasteiger partial charge >= 0.3 is 5.97 Å². The number of nitrogens with zero attached hydrogens (tertiary/aromatic N) is 2. The van der Waals surface area contributed by atoms with Crippen LogP contribution in [0, 0.1) is 11.7 Å². The molecule has 2 aromatic rings. The Morgan fingerprint density at radius 3 is 2.86 bits per heavy atom. The average Bonchev–Trinajstić information content (AvgIpc) is 3.17. The van der Waals surface area contributed by atoms with Gasteiger partial charge in [0.2, 0.25) is 0 Å². The molecule has 3 rings (SSSR count). The van der Waals surface area contributed by atoms with Crippen LogP contribution in [0.15, 0.2) is 36.7 Å². The van der Waals surface area contributed by atoms with E-state index >= 15 is 0 Å². The van der Waals surface area contributed by atoms with Gasteiger partial charge < -0.3 is 9.30 Å². The zero-order chi connectivity index (χ0) is 14.8. The van der Waals surface area contributed by atoms with Crippen molar-refractivity contribution >= 4 is 5.97 Å². The smallest absolute Gasteiger partial charge is 0.309 e. The molecule has 0 saturated heterocycles. The van der Waals surface area contributed by atoms with Gasteiger partial charge in [0, 0.05) is 25.9 Å². The number of ether oxygens (including phenoxy) is 1. The highest BCUT2D eigenvalue weighted by Crippen LogP contribution is 2.48. The summed E-state index contributed by atoms with van der Waals surface area (Å²) in [7, 11) is 1.91. The van der Waals surface area contributed by atoms with Crippen molar-refractivity contribution in [3.8, 4) is 0 Å². The zero-order valence-corrected chi connectivity index (χ0v) is 11.8. The lowest BCUT2D eigenvalue weighted by Crippen LogP contribution is -2.12. The molecule has 1 fully saturated rings. The van der Waals surface area contributed by atoms with Crippen molar-refractivity contribution in [2.24, 2.45) is 13.0 Å². The van der Waals surface area contributed by atoms with E-state index < -0.39 is 0 Å². The second-order valence-electron chi connectivity index (χ2n) is 5.37. The van der Waals surface area contributed by atoms with E-state index in [0.29, 0.717) is 13.0 Å². The summed E-state index contributed by atoms with van der Waals surface area (Å²) in [5, 5.41) is 0. The summed E-state index contributed by atoms with van der Waals surface area (Å²) in [5.74, 6) is 0.559. The lowest BCUT2D eigenvalue weighted by Gasteiger charge is -2.05. The summed E-state index contributed by atoms with van der Waals surface area (Å²) in [4.78, 5) is 16.1. The molecular weight excluding hydrogens is 271 g/mol. The van der Waals surface area contributed by atoms with Gasteiger partial charge in [0.1, 0.15) is 11.6 Å². The molecule has 1 saturated carbocycles. The fraction of sp³-hybridized carbons (Fsp3) is 0.375. The Morgan fingerprint density at radius 2 is 2.19 bits per heavy atom. The number of aromatic nitrogens is 2. The van der Waals surface area contributed by atoms with Crippen LogP contribution < -0.4 is 0 Å². The molecule has 1 aromatic heterocycles. The molecule has 0 spiro atoms. The second-order valence-corrected chi connectivity index (χ2v) is 5.37. The monoisotopic (exact) mass is 288 g/mol. The molecule has 1 aromatic carbocycles. The van der Waals surface area contributed by atoms with Gasteiger partial charge in [-0.1, -0.05) is 12.1 Å². The summed E-state index contributed by atoms with van der Waals surface area (Å²) in [6.45, 7) is 0.344. The Morgan fingerprint density at radius 1 is 1.43 bits per heavy atom. The van der Waals surface area contributed by atoms with Crippen molar-refractivity contribution in [1.82, 2.24) is 9.55 Å². The lowest BCUT2D eigenvalue weighted by molar-refractivity contribution is -0.145. The first-order valence-electron chi connectivity index (χ1n) is 7.03. The molecule has 5 heteroatoms. The molecule has 0 bridgehead atoms. The first kappa shape index (κ1) is 13.8. The normalized spacial score (nSPS) is 20.3. The van der Waals surface area contributed by atoms with E-state index in [4.69, 9.17) is 4.74 Å². The van der Waals surface area contributed by atoms with Crippen LogP contribution in [0.5, 0.6) is 0 Å². The maximum Gasteiger partial charge on any atom is 0.309 e. The highest BCUT2D eigenvalue weighted by molar-refractivity contribution is 5.77. The minimum absolute atomic E-state index is 0.0863. The number of rotatable bonds is 5. The number of imidazole rings is 1. The molecule has 0 unspecified atom stereocenters. The minimum atomic E-state index is -0.256. The zero-order valence-electron chi connectivity index (χ0n) is 11.8. The molecule has 1 aliphatic rings. The predicted molar refractivity (Wildman–Crippen MR) is 75.1 cm³/mol. The molecule has 2 atom stereocenters. The number of hydrogen-bond donors (Lipinski definition) is 0. The lowest BCUT2D eigenvalue weighted by atomic mass is 10.1. The number of carbonyl (C=O) groups is 1. The molecule has 4 nitrogen and oxygen atoms in total. The Kier molecular flexibility index (Phi) is 3.73.